The third kappa shape index (κ3) is 3.46. The summed E-state index contributed by atoms with van der Waals surface area (Å²) in [5.74, 6) is 0.210. The Balaban J connectivity index is 2.34. The zero-order valence-corrected chi connectivity index (χ0v) is 9.51. The van der Waals surface area contributed by atoms with Crippen LogP contribution >= 0.6 is 11.3 Å². The molecule has 0 radical (unpaired) electrons. The number of hydrogen-bond donors (Lipinski definition) is 0. The number of thiazole rings is 1. The normalized spacial score (nSPS) is 10.1. The molecule has 0 aliphatic rings. The van der Waals surface area contributed by atoms with Crippen LogP contribution < -0.4 is 0 Å². The largest absolute Gasteiger partial charge is 0.339 e. The van der Waals surface area contributed by atoms with Gasteiger partial charge in [0, 0.05) is 25.0 Å². The van der Waals surface area contributed by atoms with E-state index in [9.17, 15) is 4.79 Å². The molecule has 1 rings (SSSR count). The third-order valence-electron chi connectivity index (χ3n) is 2.03. The molecule has 1 heterocycles. The Morgan fingerprint density at radius 2 is 2.43 bits per heavy atom. The highest BCUT2D eigenvalue weighted by atomic mass is 32.1. The number of carbonyl (C=O) groups excluding carboxylic acids is 1. The lowest BCUT2D eigenvalue weighted by atomic mass is 10.2. The number of unbranched alkanes of at least 4 members (excludes halogenated alkanes) is 1. The molecule has 0 aromatic carbocycles. The second kappa shape index (κ2) is 5.75. The van der Waals surface area contributed by atoms with Crippen molar-refractivity contribution in [1.82, 2.24) is 9.88 Å². The van der Waals surface area contributed by atoms with E-state index in [1.54, 1.807) is 22.4 Å². The molecule has 0 N–H and O–H groups in total. The van der Waals surface area contributed by atoms with Gasteiger partial charge in [0.05, 0.1) is 6.54 Å². The first-order valence-electron chi connectivity index (χ1n) is 4.86. The van der Waals surface area contributed by atoms with E-state index in [2.05, 4.69) is 11.9 Å². The lowest BCUT2D eigenvalue weighted by Gasteiger charge is -2.15. The zero-order chi connectivity index (χ0) is 10.4. The van der Waals surface area contributed by atoms with Crippen LogP contribution in [0.4, 0.5) is 0 Å². The van der Waals surface area contributed by atoms with E-state index in [0.717, 1.165) is 17.8 Å². The predicted octanol–water partition coefficient (Wildman–Crippen LogP) is 2.29. The minimum absolute atomic E-state index is 0.210. The van der Waals surface area contributed by atoms with E-state index in [1.807, 2.05) is 12.4 Å². The van der Waals surface area contributed by atoms with Gasteiger partial charge in [-0.2, -0.15) is 0 Å². The van der Waals surface area contributed by atoms with Gasteiger partial charge >= 0.3 is 0 Å². The molecule has 0 spiro atoms. The van der Waals surface area contributed by atoms with Crippen LogP contribution in [0.2, 0.25) is 0 Å². The van der Waals surface area contributed by atoms with E-state index >= 15 is 0 Å². The maximum atomic E-state index is 11.5. The lowest BCUT2D eigenvalue weighted by molar-refractivity contribution is -0.130. The molecule has 0 atom stereocenters. The zero-order valence-electron chi connectivity index (χ0n) is 8.69. The molecule has 0 saturated heterocycles. The lowest BCUT2D eigenvalue weighted by Crippen LogP contribution is -2.25. The summed E-state index contributed by atoms with van der Waals surface area (Å²) in [4.78, 5) is 17.4. The number of hydrogen-bond acceptors (Lipinski definition) is 3. The van der Waals surface area contributed by atoms with Crippen molar-refractivity contribution in [2.24, 2.45) is 0 Å². The van der Waals surface area contributed by atoms with Gasteiger partial charge in [0.15, 0.2) is 0 Å². The molecule has 1 amide bonds. The van der Waals surface area contributed by atoms with Crippen molar-refractivity contribution in [3.63, 3.8) is 0 Å². The molecule has 0 fully saturated rings. The molecule has 0 saturated carbocycles. The van der Waals surface area contributed by atoms with E-state index in [4.69, 9.17) is 0 Å². The standard InChI is InChI=1S/C10H16N2OS/c1-3-4-5-10(13)12(2)8-9-11-6-7-14-9/h6-7H,3-5,8H2,1-2H3. The number of carbonyl (C=O) groups is 1. The highest BCUT2D eigenvalue weighted by Gasteiger charge is 2.09. The van der Waals surface area contributed by atoms with Gasteiger partial charge in [-0.15, -0.1) is 11.3 Å². The number of rotatable bonds is 5. The molecular weight excluding hydrogens is 196 g/mol. The summed E-state index contributed by atoms with van der Waals surface area (Å²) in [5, 5.41) is 2.93. The Labute approximate surface area is 88.8 Å². The van der Waals surface area contributed by atoms with Crippen LogP contribution in [0.5, 0.6) is 0 Å². The molecule has 3 nitrogen and oxygen atoms in total. The summed E-state index contributed by atoms with van der Waals surface area (Å²) in [6.45, 7) is 2.73. The minimum Gasteiger partial charge on any atom is -0.339 e. The highest BCUT2D eigenvalue weighted by molar-refractivity contribution is 7.09. The number of aromatic nitrogens is 1. The fraction of sp³-hybridized carbons (Fsp3) is 0.600. The van der Waals surface area contributed by atoms with Gasteiger partial charge in [0.1, 0.15) is 5.01 Å². The Kier molecular flexibility index (Phi) is 4.59. The maximum absolute atomic E-state index is 11.5. The quantitative estimate of drug-likeness (QED) is 0.750. The Morgan fingerprint density at radius 3 is 3.00 bits per heavy atom. The molecule has 4 heteroatoms. The summed E-state index contributed by atoms with van der Waals surface area (Å²) >= 11 is 1.59. The van der Waals surface area contributed by atoms with Crippen LogP contribution in [-0.2, 0) is 11.3 Å². The van der Waals surface area contributed by atoms with Crippen molar-refractivity contribution >= 4 is 17.2 Å². The van der Waals surface area contributed by atoms with Gasteiger partial charge < -0.3 is 4.90 Å². The fourth-order valence-electron chi connectivity index (χ4n) is 1.14. The number of nitrogens with zero attached hydrogens (tertiary/aromatic N) is 2. The summed E-state index contributed by atoms with van der Waals surface area (Å²) in [7, 11) is 1.83. The van der Waals surface area contributed by atoms with Gasteiger partial charge in [-0.05, 0) is 6.42 Å². The van der Waals surface area contributed by atoms with Gasteiger partial charge in [-0.25, -0.2) is 4.98 Å². The molecule has 0 aliphatic carbocycles. The summed E-state index contributed by atoms with van der Waals surface area (Å²) in [6, 6.07) is 0. The first kappa shape index (κ1) is 11.2. The van der Waals surface area contributed by atoms with E-state index < -0.39 is 0 Å². The van der Waals surface area contributed by atoms with E-state index in [1.165, 1.54) is 0 Å². The third-order valence-corrected chi connectivity index (χ3v) is 2.79. The van der Waals surface area contributed by atoms with Crippen molar-refractivity contribution in [2.45, 2.75) is 32.7 Å². The van der Waals surface area contributed by atoms with Gasteiger partial charge in [0.25, 0.3) is 0 Å². The van der Waals surface area contributed by atoms with E-state index in [-0.39, 0.29) is 5.91 Å². The van der Waals surface area contributed by atoms with Crippen LogP contribution in [0.1, 0.15) is 31.2 Å². The Hall–Kier alpha value is -0.900. The van der Waals surface area contributed by atoms with Crippen LogP contribution in [-0.4, -0.2) is 22.8 Å². The smallest absolute Gasteiger partial charge is 0.222 e. The molecule has 1 aromatic rings. The van der Waals surface area contributed by atoms with Crippen molar-refractivity contribution in [1.29, 1.82) is 0 Å². The van der Waals surface area contributed by atoms with Crippen LogP contribution in [0.15, 0.2) is 11.6 Å². The molecule has 78 valence electrons. The van der Waals surface area contributed by atoms with Crippen LogP contribution in [0.3, 0.4) is 0 Å². The summed E-state index contributed by atoms with van der Waals surface area (Å²) in [6.07, 6.45) is 4.46. The van der Waals surface area contributed by atoms with Gasteiger partial charge in [-0.1, -0.05) is 13.3 Å². The molecule has 0 bridgehead atoms. The SMILES string of the molecule is CCCCC(=O)N(C)Cc1nccs1. The van der Waals surface area contributed by atoms with Crippen LogP contribution in [0.25, 0.3) is 0 Å². The maximum Gasteiger partial charge on any atom is 0.222 e. The monoisotopic (exact) mass is 212 g/mol. The number of amides is 1. The Morgan fingerprint density at radius 1 is 1.64 bits per heavy atom. The topological polar surface area (TPSA) is 33.2 Å². The first-order chi connectivity index (χ1) is 6.74. The minimum atomic E-state index is 0.210. The summed E-state index contributed by atoms with van der Waals surface area (Å²) < 4.78 is 0. The average Bonchev–Trinajstić information content (AvgIpc) is 2.66. The van der Waals surface area contributed by atoms with Crippen LogP contribution in [0, 0.1) is 0 Å². The van der Waals surface area contributed by atoms with Gasteiger partial charge in [-0.3, -0.25) is 4.79 Å². The van der Waals surface area contributed by atoms with Gasteiger partial charge in [0.2, 0.25) is 5.91 Å². The molecule has 1 aromatic heterocycles. The average molecular weight is 212 g/mol. The predicted molar refractivity (Wildman–Crippen MR) is 58.1 cm³/mol. The second-order valence-corrected chi connectivity index (χ2v) is 4.26. The summed E-state index contributed by atoms with van der Waals surface area (Å²) in [5.41, 5.74) is 0. The molecule has 0 aliphatic heterocycles. The first-order valence-corrected chi connectivity index (χ1v) is 5.74. The van der Waals surface area contributed by atoms with Crippen molar-refractivity contribution < 1.29 is 4.79 Å². The van der Waals surface area contributed by atoms with Crippen molar-refractivity contribution in [3.05, 3.63) is 16.6 Å². The van der Waals surface area contributed by atoms with E-state index in [0.29, 0.717) is 13.0 Å². The second-order valence-electron chi connectivity index (χ2n) is 3.28. The highest BCUT2D eigenvalue weighted by Crippen LogP contribution is 2.08. The molecule has 14 heavy (non-hydrogen) atoms. The Bertz CT molecular complexity index is 272. The van der Waals surface area contributed by atoms with Crippen molar-refractivity contribution in [2.75, 3.05) is 7.05 Å². The fourth-order valence-corrected chi connectivity index (χ4v) is 1.81. The molecule has 0 unspecified atom stereocenters. The van der Waals surface area contributed by atoms with Crippen molar-refractivity contribution in [3.8, 4) is 0 Å². The molecular formula is C10H16N2OS.